The second-order valence-electron chi connectivity index (χ2n) is 7.04. The van der Waals surface area contributed by atoms with Gasteiger partial charge in [0.25, 0.3) is 0 Å². The first-order valence-electron chi connectivity index (χ1n) is 9.38. The van der Waals surface area contributed by atoms with Gasteiger partial charge in [0, 0.05) is 31.9 Å². The summed E-state index contributed by atoms with van der Waals surface area (Å²) < 4.78 is 33.6. The molecule has 2 aromatic rings. The maximum absolute atomic E-state index is 13.2. The molecule has 0 spiro atoms. The van der Waals surface area contributed by atoms with Gasteiger partial charge in [0.2, 0.25) is 10.0 Å². The Hall–Kier alpha value is -2.05. The van der Waals surface area contributed by atoms with Crippen LogP contribution in [0.15, 0.2) is 41.3 Å². The highest BCUT2D eigenvalue weighted by atomic mass is 32.2. The van der Waals surface area contributed by atoms with Gasteiger partial charge in [-0.2, -0.15) is 4.31 Å². The second kappa shape index (κ2) is 7.90. The molecule has 0 amide bonds. The number of nitrogens with zero attached hydrogens (tertiary/aromatic N) is 2. The van der Waals surface area contributed by atoms with E-state index in [-0.39, 0.29) is 0 Å². The van der Waals surface area contributed by atoms with Gasteiger partial charge in [-0.05, 0) is 63.1 Å². The molecular weight excluding hydrogens is 360 g/mol. The number of aryl methyl sites for hydroxylation is 3. The van der Waals surface area contributed by atoms with Crippen LogP contribution in [0.3, 0.4) is 0 Å². The number of anilines is 1. The highest BCUT2D eigenvalue weighted by Gasteiger charge is 2.30. The van der Waals surface area contributed by atoms with Gasteiger partial charge in [-0.1, -0.05) is 17.7 Å². The van der Waals surface area contributed by atoms with E-state index >= 15 is 0 Å². The van der Waals surface area contributed by atoms with E-state index in [9.17, 15) is 8.42 Å². The molecule has 27 heavy (non-hydrogen) atoms. The van der Waals surface area contributed by atoms with Crippen LogP contribution in [0.1, 0.15) is 23.6 Å². The van der Waals surface area contributed by atoms with Crippen molar-refractivity contribution in [1.29, 1.82) is 0 Å². The Morgan fingerprint density at radius 2 is 1.56 bits per heavy atom. The summed E-state index contributed by atoms with van der Waals surface area (Å²) in [7, 11) is -3.51. The van der Waals surface area contributed by atoms with Crippen molar-refractivity contribution in [1.82, 2.24) is 4.31 Å². The number of benzene rings is 2. The van der Waals surface area contributed by atoms with E-state index in [1.807, 2.05) is 26.8 Å². The molecule has 6 heteroatoms. The average molecular weight is 389 g/mol. The van der Waals surface area contributed by atoms with Crippen LogP contribution in [0.5, 0.6) is 5.75 Å². The summed E-state index contributed by atoms with van der Waals surface area (Å²) in [4.78, 5) is 2.62. The molecule has 1 aliphatic heterocycles. The maximum Gasteiger partial charge on any atom is 0.243 e. The fourth-order valence-corrected chi connectivity index (χ4v) is 5.15. The molecule has 0 unspecified atom stereocenters. The van der Waals surface area contributed by atoms with Crippen LogP contribution in [0.25, 0.3) is 0 Å². The second-order valence-corrected chi connectivity index (χ2v) is 8.95. The van der Waals surface area contributed by atoms with Crippen LogP contribution in [0.2, 0.25) is 0 Å². The quantitative estimate of drug-likeness (QED) is 0.786. The number of hydrogen-bond donors (Lipinski definition) is 0. The molecule has 2 aromatic carbocycles. The molecule has 0 atom stereocenters. The molecule has 0 radical (unpaired) electrons. The Morgan fingerprint density at radius 1 is 0.926 bits per heavy atom. The molecular formula is C21H28N2O3S. The first kappa shape index (κ1) is 19.7. The minimum absolute atomic E-state index is 0.382. The van der Waals surface area contributed by atoms with Crippen LogP contribution >= 0.6 is 0 Å². The van der Waals surface area contributed by atoms with Crippen LogP contribution in [-0.4, -0.2) is 45.5 Å². The number of hydrogen-bond acceptors (Lipinski definition) is 4. The summed E-state index contributed by atoms with van der Waals surface area (Å²) >= 11 is 0. The van der Waals surface area contributed by atoms with E-state index in [1.165, 1.54) is 5.56 Å². The number of rotatable bonds is 5. The van der Waals surface area contributed by atoms with Crippen molar-refractivity contribution >= 4 is 15.7 Å². The molecule has 0 aromatic heterocycles. The van der Waals surface area contributed by atoms with Crippen LogP contribution < -0.4 is 9.64 Å². The summed E-state index contributed by atoms with van der Waals surface area (Å²) in [5.41, 5.74) is 3.94. The van der Waals surface area contributed by atoms with Crippen molar-refractivity contribution in [3.05, 3.63) is 53.1 Å². The third-order valence-corrected chi connectivity index (χ3v) is 7.07. The zero-order valence-electron chi connectivity index (χ0n) is 16.5. The molecule has 1 aliphatic rings. The molecule has 0 bridgehead atoms. The van der Waals surface area contributed by atoms with Gasteiger partial charge in [-0.3, -0.25) is 0 Å². The van der Waals surface area contributed by atoms with E-state index in [1.54, 1.807) is 10.4 Å². The lowest BCUT2D eigenvalue weighted by molar-refractivity contribution is 0.337. The summed E-state index contributed by atoms with van der Waals surface area (Å²) in [5, 5.41) is 0. The lowest BCUT2D eigenvalue weighted by Gasteiger charge is -2.35. The van der Waals surface area contributed by atoms with Crippen molar-refractivity contribution in [2.45, 2.75) is 32.6 Å². The van der Waals surface area contributed by atoms with E-state index in [0.29, 0.717) is 37.7 Å². The lowest BCUT2D eigenvalue weighted by atomic mass is 10.1. The van der Waals surface area contributed by atoms with Crippen LogP contribution in [0, 0.1) is 20.8 Å². The minimum atomic E-state index is -3.51. The standard InChI is InChI=1S/C21H28N2O3S/c1-5-26-20-14-18(4)21(15-17(20)3)27(24,25)23-12-10-22(11-13-23)19-8-6-16(2)7-9-19/h6-9,14-15H,5,10-13H2,1-4H3. The van der Waals surface area contributed by atoms with Gasteiger partial charge >= 0.3 is 0 Å². The lowest BCUT2D eigenvalue weighted by Crippen LogP contribution is -2.48. The van der Waals surface area contributed by atoms with Crippen molar-refractivity contribution in [2.75, 3.05) is 37.7 Å². The highest BCUT2D eigenvalue weighted by Crippen LogP contribution is 2.29. The molecule has 0 aliphatic carbocycles. The Balaban J connectivity index is 1.77. The van der Waals surface area contributed by atoms with Gasteiger partial charge in [0.15, 0.2) is 0 Å². The summed E-state index contributed by atoms with van der Waals surface area (Å²) in [6.07, 6.45) is 0. The predicted octanol–water partition coefficient (Wildman–Crippen LogP) is 3.52. The first-order chi connectivity index (χ1) is 12.8. The minimum Gasteiger partial charge on any atom is -0.494 e. The SMILES string of the molecule is CCOc1cc(C)c(S(=O)(=O)N2CCN(c3ccc(C)cc3)CC2)cc1C. The molecule has 0 saturated carbocycles. The first-order valence-corrected chi connectivity index (χ1v) is 10.8. The van der Waals surface area contributed by atoms with Gasteiger partial charge in [0.05, 0.1) is 11.5 Å². The van der Waals surface area contributed by atoms with Crippen molar-refractivity contribution in [3.63, 3.8) is 0 Å². The fraction of sp³-hybridized carbons (Fsp3) is 0.429. The summed E-state index contributed by atoms with van der Waals surface area (Å²) in [5.74, 6) is 0.748. The Morgan fingerprint density at radius 3 is 2.15 bits per heavy atom. The third kappa shape index (κ3) is 4.12. The molecule has 0 N–H and O–H groups in total. The normalized spacial score (nSPS) is 15.8. The van der Waals surface area contributed by atoms with Crippen LogP contribution in [0.4, 0.5) is 5.69 Å². The maximum atomic E-state index is 13.2. The molecule has 3 rings (SSSR count). The Labute approximate surface area is 162 Å². The predicted molar refractivity (Wildman–Crippen MR) is 109 cm³/mol. The number of piperazine rings is 1. The summed E-state index contributed by atoms with van der Waals surface area (Å²) in [6, 6.07) is 11.9. The monoisotopic (exact) mass is 388 g/mol. The molecule has 5 nitrogen and oxygen atoms in total. The van der Waals surface area contributed by atoms with Gasteiger partial charge in [-0.25, -0.2) is 8.42 Å². The molecule has 1 saturated heterocycles. The Bertz CT molecular complexity index is 900. The zero-order chi connectivity index (χ0) is 19.6. The van der Waals surface area contributed by atoms with Crippen molar-refractivity contribution in [2.24, 2.45) is 0 Å². The topological polar surface area (TPSA) is 49.9 Å². The third-order valence-electron chi connectivity index (χ3n) is 5.03. The molecule has 1 heterocycles. The Kier molecular flexibility index (Phi) is 5.77. The van der Waals surface area contributed by atoms with Crippen LogP contribution in [-0.2, 0) is 10.0 Å². The highest BCUT2D eigenvalue weighted by molar-refractivity contribution is 7.89. The van der Waals surface area contributed by atoms with Crippen molar-refractivity contribution in [3.8, 4) is 5.75 Å². The number of sulfonamides is 1. The number of ether oxygens (including phenoxy) is 1. The average Bonchev–Trinajstić information content (AvgIpc) is 2.65. The van der Waals surface area contributed by atoms with Crippen molar-refractivity contribution < 1.29 is 13.2 Å². The largest absolute Gasteiger partial charge is 0.494 e. The van der Waals surface area contributed by atoms with Gasteiger partial charge < -0.3 is 9.64 Å². The van der Waals surface area contributed by atoms with Gasteiger partial charge in [-0.15, -0.1) is 0 Å². The van der Waals surface area contributed by atoms with E-state index < -0.39 is 10.0 Å². The molecule has 1 fully saturated rings. The summed E-state index contributed by atoms with van der Waals surface area (Å²) in [6.45, 7) is 10.6. The van der Waals surface area contributed by atoms with Gasteiger partial charge in [0.1, 0.15) is 5.75 Å². The van der Waals surface area contributed by atoms with E-state index in [0.717, 1.165) is 22.6 Å². The molecule has 146 valence electrons. The zero-order valence-corrected chi connectivity index (χ0v) is 17.3. The smallest absolute Gasteiger partial charge is 0.243 e. The van der Waals surface area contributed by atoms with E-state index in [2.05, 4.69) is 36.1 Å². The van der Waals surface area contributed by atoms with E-state index in [4.69, 9.17) is 4.74 Å². The fourth-order valence-electron chi connectivity index (χ4n) is 3.43.